The largest absolute Gasteiger partial charge is 0.287 e. The van der Waals surface area contributed by atoms with Gasteiger partial charge in [-0.3, -0.25) is 9.36 Å². The first-order valence-corrected chi connectivity index (χ1v) is 10.9. The van der Waals surface area contributed by atoms with Crippen molar-refractivity contribution in [2.24, 2.45) is 5.92 Å². The van der Waals surface area contributed by atoms with E-state index < -0.39 is 0 Å². The number of aromatic nitrogens is 3. The zero-order chi connectivity index (χ0) is 18.8. The molecular formula is C21H21N3OS2. The van der Waals surface area contributed by atoms with E-state index in [0.717, 1.165) is 27.6 Å². The molecule has 0 radical (unpaired) electrons. The Bertz CT molecular complexity index is 1110. The van der Waals surface area contributed by atoms with Crippen LogP contribution in [0.5, 0.6) is 0 Å². The predicted molar refractivity (Wildman–Crippen MR) is 115 cm³/mol. The van der Waals surface area contributed by atoms with Gasteiger partial charge in [-0.2, -0.15) is 0 Å². The molecule has 0 saturated heterocycles. The Balaban J connectivity index is 1.68. The fourth-order valence-corrected chi connectivity index (χ4v) is 4.94. The van der Waals surface area contributed by atoms with Gasteiger partial charge in [0.05, 0.1) is 26.9 Å². The second-order valence-corrected chi connectivity index (χ2v) is 8.97. The molecule has 2 aromatic carbocycles. The van der Waals surface area contributed by atoms with E-state index in [1.807, 2.05) is 47.0 Å². The molecule has 0 aliphatic rings. The van der Waals surface area contributed by atoms with Crippen molar-refractivity contribution < 1.29 is 0 Å². The summed E-state index contributed by atoms with van der Waals surface area (Å²) in [5, 5.41) is 2.52. The first-order chi connectivity index (χ1) is 13.1. The minimum atomic E-state index is 0.0491. The van der Waals surface area contributed by atoms with E-state index >= 15 is 0 Å². The SMILES string of the molecule is CC(C)CCn1c(SCc2nc3ccccc3s2)nc2ccccc2c1=O. The molecule has 4 rings (SSSR count). The molecule has 0 saturated carbocycles. The lowest BCUT2D eigenvalue weighted by Crippen LogP contribution is -2.24. The molecule has 0 N–H and O–H groups in total. The number of thiazole rings is 1. The summed E-state index contributed by atoms with van der Waals surface area (Å²) in [6.45, 7) is 5.04. The molecule has 6 heteroatoms. The van der Waals surface area contributed by atoms with Crippen LogP contribution in [0.4, 0.5) is 0 Å². The molecule has 27 heavy (non-hydrogen) atoms. The van der Waals surface area contributed by atoms with Crippen LogP contribution in [-0.2, 0) is 12.3 Å². The van der Waals surface area contributed by atoms with Gasteiger partial charge in [0.25, 0.3) is 5.56 Å². The number of hydrogen-bond donors (Lipinski definition) is 0. The van der Waals surface area contributed by atoms with E-state index in [1.165, 1.54) is 4.70 Å². The predicted octanol–water partition coefficient (Wildman–Crippen LogP) is 5.34. The number of rotatable bonds is 6. The van der Waals surface area contributed by atoms with Gasteiger partial charge < -0.3 is 0 Å². The second kappa shape index (κ2) is 7.82. The van der Waals surface area contributed by atoms with Crippen molar-refractivity contribution >= 4 is 44.2 Å². The van der Waals surface area contributed by atoms with Gasteiger partial charge >= 0.3 is 0 Å². The number of fused-ring (bicyclic) bond motifs is 2. The highest BCUT2D eigenvalue weighted by Gasteiger charge is 2.13. The minimum Gasteiger partial charge on any atom is -0.287 e. The van der Waals surface area contributed by atoms with Crippen molar-refractivity contribution in [1.29, 1.82) is 0 Å². The van der Waals surface area contributed by atoms with E-state index in [-0.39, 0.29) is 5.56 Å². The summed E-state index contributed by atoms with van der Waals surface area (Å²) in [5.41, 5.74) is 1.84. The zero-order valence-electron chi connectivity index (χ0n) is 15.4. The monoisotopic (exact) mass is 395 g/mol. The summed E-state index contributed by atoms with van der Waals surface area (Å²) in [6.07, 6.45) is 0.953. The molecule has 0 spiro atoms. The van der Waals surface area contributed by atoms with Crippen molar-refractivity contribution in [3.63, 3.8) is 0 Å². The van der Waals surface area contributed by atoms with E-state index in [9.17, 15) is 4.79 Å². The molecule has 0 atom stereocenters. The fraction of sp³-hybridized carbons (Fsp3) is 0.286. The van der Waals surface area contributed by atoms with Gasteiger partial charge in [0.2, 0.25) is 0 Å². The maximum absolute atomic E-state index is 13.0. The van der Waals surface area contributed by atoms with Crippen LogP contribution in [0.2, 0.25) is 0 Å². The van der Waals surface area contributed by atoms with Gasteiger partial charge in [0, 0.05) is 6.54 Å². The van der Waals surface area contributed by atoms with Crippen molar-refractivity contribution in [2.45, 2.75) is 37.7 Å². The van der Waals surface area contributed by atoms with Crippen LogP contribution >= 0.6 is 23.1 Å². The van der Waals surface area contributed by atoms with E-state index in [2.05, 4.69) is 19.9 Å². The minimum absolute atomic E-state index is 0.0491. The number of para-hydroxylation sites is 2. The van der Waals surface area contributed by atoms with Crippen LogP contribution in [0.15, 0.2) is 58.5 Å². The molecule has 4 aromatic rings. The first-order valence-electron chi connectivity index (χ1n) is 9.08. The van der Waals surface area contributed by atoms with Crippen molar-refractivity contribution in [3.8, 4) is 0 Å². The average Bonchev–Trinajstić information content (AvgIpc) is 3.08. The Labute approximate surface area is 166 Å². The van der Waals surface area contributed by atoms with Crippen LogP contribution in [0.25, 0.3) is 21.1 Å². The second-order valence-electron chi connectivity index (χ2n) is 6.91. The third-order valence-corrected chi connectivity index (χ3v) is 6.63. The van der Waals surface area contributed by atoms with Gasteiger partial charge in [-0.25, -0.2) is 9.97 Å². The molecule has 0 aliphatic heterocycles. The molecule has 2 heterocycles. The van der Waals surface area contributed by atoms with E-state index in [0.29, 0.717) is 23.6 Å². The Hall–Kier alpha value is -2.18. The third kappa shape index (κ3) is 3.92. The van der Waals surface area contributed by atoms with Gasteiger partial charge in [0.1, 0.15) is 5.01 Å². The normalized spacial score (nSPS) is 11.7. The van der Waals surface area contributed by atoms with Crippen LogP contribution in [-0.4, -0.2) is 14.5 Å². The lowest BCUT2D eigenvalue weighted by atomic mass is 10.1. The van der Waals surface area contributed by atoms with Crippen molar-refractivity contribution in [3.05, 3.63) is 63.9 Å². The molecular weight excluding hydrogens is 374 g/mol. The zero-order valence-corrected chi connectivity index (χ0v) is 17.0. The van der Waals surface area contributed by atoms with Crippen LogP contribution in [0.1, 0.15) is 25.3 Å². The summed E-state index contributed by atoms with van der Waals surface area (Å²) in [5.74, 6) is 1.25. The lowest BCUT2D eigenvalue weighted by molar-refractivity contribution is 0.481. The third-order valence-electron chi connectivity index (χ3n) is 4.42. The molecule has 0 unspecified atom stereocenters. The van der Waals surface area contributed by atoms with Crippen molar-refractivity contribution in [1.82, 2.24) is 14.5 Å². The summed E-state index contributed by atoms with van der Waals surface area (Å²) in [6, 6.07) is 15.8. The molecule has 0 amide bonds. The Kier molecular flexibility index (Phi) is 5.27. The van der Waals surface area contributed by atoms with Crippen LogP contribution in [0, 0.1) is 5.92 Å². The Morgan fingerprint density at radius 2 is 1.78 bits per heavy atom. The quantitative estimate of drug-likeness (QED) is 0.326. The number of thioether (sulfide) groups is 1. The summed E-state index contributed by atoms with van der Waals surface area (Å²) in [4.78, 5) is 22.5. The maximum Gasteiger partial charge on any atom is 0.262 e. The summed E-state index contributed by atoms with van der Waals surface area (Å²) in [7, 11) is 0. The molecule has 0 bridgehead atoms. The highest BCUT2D eigenvalue weighted by molar-refractivity contribution is 7.98. The van der Waals surface area contributed by atoms with Gasteiger partial charge in [-0.1, -0.05) is 49.9 Å². The summed E-state index contributed by atoms with van der Waals surface area (Å²) < 4.78 is 3.03. The fourth-order valence-electron chi connectivity index (χ4n) is 2.95. The smallest absolute Gasteiger partial charge is 0.262 e. The molecule has 0 aliphatic carbocycles. The Morgan fingerprint density at radius 3 is 2.56 bits per heavy atom. The molecule has 2 aromatic heterocycles. The highest BCUT2D eigenvalue weighted by Crippen LogP contribution is 2.28. The highest BCUT2D eigenvalue weighted by atomic mass is 32.2. The van der Waals surface area contributed by atoms with E-state index in [1.54, 1.807) is 23.1 Å². The number of benzene rings is 2. The maximum atomic E-state index is 13.0. The molecule has 138 valence electrons. The van der Waals surface area contributed by atoms with Gasteiger partial charge in [-0.15, -0.1) is 11.3 Å². The lowest BCUT2D eigenvalue weighted by Gasteiger charge is -2.13. The van der Waals surface area contributed by atoms with Crippen LogP contribution < -0.4 is 5.56 Å². The molecule has 4 nitrogen and oxygen atoms in total. The first kappa shape index (κ1) is 18.2. The van der Waals surface area contributed by atoms with Crippen molar-refractivity contribution in [2.75, 3.05) is 0 Å². The standard InChI is InChI=1S/C21H21N3OS2/c1-14(2)11-12-24-20(25)15-7-3-4-8-16(15)23-21(24)26-13-19-22-17-9-5-6-10-18(17)27-19/h3-10,14H,11-13H2,1-2H3. The van der Waals surface area contributed by atoms with Gasteiger partial charge in [-0.05, 0) is 36.6 Å². The topological polar surface area (TPSA) is 47.8 Å². The number of nitrogens with zero attached hydrogens (tertiary/aromatic N) is 3. The number of hydrogen-bond acceptors (Lipinski definition) is 5. The average molecular weight is 396 g/mol. The Morgan fingerprint density at radius 1 is 1.04 bits per heavy atom. The summed E-state index contributed by atoms with van der Waals surface area (Å²) >= 11 is 3.30. The molecule has 0 fully saturated rings. The van der Waals surface area contributed by atoms with Gasteiger partial charge in [0.15, 0.2) is 5.16 Å². The van der Waals surface area contributed by atoms with Crippen LogP contribution in [0.3, 0.4) is 0 Å². The van der Waals surface area contributed by atoms with E-state index in [4.69, 9.17) is 9.97 Å².